The fourth-order valence-electron chi connectivity index (χ4n) is 4.20. The number of rotatable bonds is 9. The number of hydrogen-bond donors (Lipinski definition) is 2. The molecule has 1 aromatic carbocycles. The molecule has 142 valence electrons. The summed E-state index contributed by atoms with van der Waals surface area (Å²) in [6.07, 6.45) is 3.11. The van der Waals surface area contributed by atoms with Gasteiger partial charge >= 0.3 is 0 Å². The third-order valence-electron chi connectivity index (χ3n) is 5.01. The monoisotopic (exact) mass is 349 g/mol. The van der Waals surface area contributed by atoms with Gasteiger partial charge in [-0.2, -0.15) is 0 Å². The van der Waals surface area contributed by atoms with Crippen molar-refractivity contribution in [1.82, 2.24) is 4.90 Å². The lowest BCUT2D eigenvalue weighted by atomic mass is 9.71. The van der Waals surface area contributed by atoms with Gasteiger partial charge in [0.2, 0.25) is 0 Å². The van der Waals surface area contributed by atoms with Crippen LogP contribution in [0.3, 0.4) is 0 Å². The summed E-state index contributed by atoms with van der Waals surface area (Å²) in [6.45, 7) is 9.15. The van der Waals surface area contributed by atoms with Crippen LogP contribution in [-0.2, 0) is 11.3 Å². The molecule has 25 heavy (non-hydrogen) atoms. The normalized spacial score (nSPS) is 24.4. The first kappa shape index (κ1) is 20.4. The standard InChI is InChI=1S/C21H35NO3/c1-17-11-20(13-21(2,3)12-17)25-16-19(24)15-22(9-10-23)14-18-7-5-4-6-8-18/h4-8,17,19-20,23-24H,9-16H2,1-3H3/t17-,19-,20-/m1/s1. The highest BCUT2D eigenvalue weighted by molar-refractivity contribution is 5.14. The lowest BCUT2D eigenvalue weighted by Gasteiger charge is -2.39. The number of nitrogens with zero attached hydrogens (tertiary/aromatic N) is 1. The predicted molar refractivity (Wildman–Crippen MR) is 101 cm³/mol. The quantitative estimate of drug-likeness (QED) is 0.719. The molecule has 1 saturated carbocycles. The largest absolute Gasteiger partial charge is 0.395 e. The maximum atomic E-state index is 10.4. The second-order valence-corrected chi connectivity index (χ2v) is 8.47. The van der Waals surface area contributed by atoms with E-state index in [2.05, 4.69) is 37.8 Å². The minimum absolute atomic E-state index is 0.0920. The Balaban J connectivity index is 1.79. The Hall–Kier alpha value is -0.940. The van der Waals surface area contributed by atoms with E-state index in [1.165, 1.54) is 12.0 Å². The summed E-state index contributed by atoms with van der Waals surface area (Å²) in [7, 11) is 0. The fraction of sp³-hybridized carbons (Fsp3) is 0.714. The summed E-state index contributed by atoms with van der Waals surface area (Å²) in [5.74, 6) is 0.676. The van der Waals surface area contributed by atoms with E-state index in [9.17, 15) is 10.2 Å². The summed E-state index contributed by atoms with van der Waals surface area (Å²) < 4.78 is 6.04. The lowest BCUT2D eigenvalue weighted by molar-refractivity contribution is -0.0623. The van der Waals surface area contributed by atoms with Gasteiger partial charge < -0.3 is 14.9 Å². The van der Waals surface area contributed by atoms with Crippen molar-refractivity contribution in [3.8, 4) is 0 Å². The molecule has 1 fully saturated rings. The molecule has 0 spiro atoms. The van der Waals surface area contributed by atoms with Crippen LogP contribution in [0.2, 0.25) is 0 Å². The molecule has 0 amide bonds. The van der Waals surface area contributed by atoms with E-state index >= 15 is 0 Å². The number of benzene rings is 1. The van der Waals surface area contributed by atoms with E-state index in [0.717, 1.165) is 19.4 Å². The number of aliphatic hydroxyl groups excluding tert-OH is 2. The van der Waals surface area contributed by atoms with E-state index in [1.807, 2.05) is 18.2 Å². The topological polar surface area (TPSA) is 52.9 Å². The minimum atomic E-state index is -0.532. The third-order valence-corrected chi connectivity index (χ3v) is 5.01. The minimum Gasteiger partial charge on any atom is -0.395 e. The molecule has 2 N–H and O–H groups in total. The summed E-state index contributed by atoms with van der Waals surface area (Å²) in [5, 5.41) is 19.7. The Morgan fingerprint density at radius 1 is 1.24 bits per heavy atom. The smallest absolute Gasteiger partial charge is 0.0900 e. The zero-order chi connectivity index (χ0) is 18.3. The van der Waals surface area contributed by atoms with Crippen LogP contribution in [0.1, 0.15) is 45.6 Å². The zero-order valence-electron chi connectivity index (χ0n) is 16.0. The van der Waals surface area contributed by atoms with Gasteiger partial charge in [0.25, 0.3) is 0 Å². The van der Waals surface area contributed by atoms with Crippen molar-refractivity contribution >= 4 is 0 Å². The summed E-state index contributed by atoms with van der Waals surface area (Å²) >= 11 is 0. The molecule has 4 heteroatoms. The van der Waals surface area contributed by atoms with Crippen LogP contribution in [0.25, 0.3) is 0 Å². The van der Waals surface area contributed by atoms with Gasteiger partial charge in [-0.3, -0.25) is 4.90 Å². The van der Waals surface area contributed by atoms with E-state index < -0.39 is 6.10 Å². The van der Waals surface area contributed by atoms with Crippen molar-refractivity contribution < 1.29 is 14.9 Å². The van der Waals surface area contributed by atoms with Crippen molar-refractivity contribution in [2.45, 2.75) is 58.8 Å². The summed E-state index contributed by atoms with van der Waals surface area (Å²) in [6, 6.07) is 10.2. The van der Waals surface area contributed by atoms with Crippen molar-refractivity contribution in [2.75, 3.05) is 26.3 Å². The molecular weight excluding hydrogens is 314 g/mol. The molecular formula is C21H35NO3. The van der Waals surface area contributed by atoms with Gasteiger partial charge in [0.1, 0.15) is 0 Å². The van der Waals surface area contributed by atoms with Gasteiger partial charge in [-0.25, -0.2) is 0 Å². The molecule has 0 aliphatic heterocycles. The van der Waals surface area contributed by atoms with Gasteiger partial charge in [-0.05, 0) is 36.2 Å². The molecule has 0 aromatic heterocycles. The van der Waals surface area contributed by atoms with Crippen molar-refractivity contribution in [1.29, 1.82) is 0 Å². The Morgan fingerprint density at radius 3 is 2.60 bits per heavy atom. The molecule has 1 aromatic rings. The van der Waals surface area contributed by atoms with E-state index in [0.29, 0.717) is 31.0 Å². The Labute approximate surface area is 152 Å². The Kier molecular flexibility index (Phi) is 7.88. The highest BCUT2D eigenvalue weighted by Crippen LogP contribution is 2.39. The molecule has 0 bridgehead atoms. The molecule has 0 saturated heterocycles. The van der Waals surface area contributed by atoms with Crippen LogP contribution < -0.4 is 0 Å². The second-order valence-electron chi connectivity index (χ2n) is 8.47. The van der Waals surface area contributed by atoms with Gasteiger partial charge in [-0.1, -0.05) is 51.1 Å². The Morgan fingerprint density at radius 2 is 1.96 bits per heavy atom. The van der Waals surface area contributed by atoms with Crippen molar-refractivity contribution in [2.24, 2.45) is 11.3 Å². The van der Waals surface area contributed by atoms with Crippen LogP contribution >= 0.6 is 0 Å². The Bertz CT molecular complexity index is 491. The van der Waals surface area contributed by atoms with Gasteiger partial charge in [-0.15, -0.1) is 0 Å². The number of ether oxygens (including phenoxy) is 1. The lowest BCUT2D eigenvalue weighted by Crippen LogP contribution is -2.39. The molecule has 1 aliphatic rings. The second kappa shape index (κ2) is 9.67. The van der Waals surface area contributed by atoms with Crippen LogP contribution in [0.15, 0.2) is 30.3 Å². The first-order valence-corrected chi connectivity index (χ1v) is 9.55. The summed E-state index contributed by atoms with van der Waals surface area (Å²) in [5.41, 5.74) is 1.51. The van der Waals surface area contributed by atoms with Crippen molar-refractivity contribution in [3.05, 3.63) is 35.9 Å². The zero-order valence-corrected chi connectivity index (χ0v) is 16.0. The maximum Gasteiger partial charge on any atom is 0.0900 e. The van der Waals surface area contributed by atoms with Crippen LogP contribution in [-0.4, -0.2) is 53.6 Å². The first-order chi connectivity index (χ1) is 11.9. The van der Waals surface area contributed by atoms with E-state index in [-0.39, 0.29) is 12.7 Å². The molecule has 3 atom stereocenters. The number of hydrogen-bond acceptors (Lipinski definition) is 4. The molecule has 4 nitrogen and oxygen atoms in total. The van der Waals surface area contributed by atoms with E-state index in [4.69, 9.17) is 4.74 Å². The molecule has 0 radical (unpaired) electrons. The van der Waals surface area contributed by atoms with Crippen LogP contribution in [0.4, 0.5) is 0 Å². The van der Waals surface area contributed by atoms with Crippen molar-refractivity contribution in [3.63, 3.8) is 0 Å². The molecule has 1 aliphatic carbocycles. The first-order valence-electron chi connectivity index (χ1n) is 9.55. The molecule has 0 unspecified atom stereocenters. The van der Waals surface area contributed by atoms with Crippen LogP contribution in [0.5, 0.6) is 0 Å². The van der Waals surface area contributed by atoms with E-state index in [1.54, 1.807) is 0 Å². The molecule has 2 rings (SSSR count). The maximum absolute atomic E-state index is 10.4. The van der Waals surface area contributed by atoms with Gasteiger partial charge in [0.15, 0.2) is 0 Å². The predicted octanol–water partition coefficient (Wildman–Crippen LogP) is 3.07. The highest BCUT2D eigenvalue weighted by Gasteiger charge is 2.32. The highest BCUT2D eigenvalue weighted by atomic mass is 16.5. The average Bonchev–Trinajstić information content (AvgIpc) is 2.52. The SMILES string of the molecule is C[C@@H]1C[C@@H](OC[C@H](O)CN(CCO)Cc2ccccc2)CC(C)(C)C1. The van der Waals surface area contributed by atoms with Crippen LogP contribution in [0, 0.1) is 11.3 Å². The molecule has 0 heterocycles. The average molecular weight is 350 g/mol. The fourth-order valence-corrected chi connectivity index (χ4v) is 4.20. The van der Waals surface area contributed by atoms with Gasteiger partial charge in [0, 0.05) is 19.6 Å². The van der Waals surface area contributed by atoms with Gasteiger partial charge in [0.05, 0.1) is 25.4 Å². The third kappa shape index (κ3) is 7.45. The summed E-state index contributed by atoms with van der Waals surface area (Å²) in [4.78, 5) is 2.08. The number of aliphatic hydroxyl groups is 2.